The maximum Gasteiger partial charge on any atom is 0.163 e. The van der Waals surface area contributed by atoms with Gasteiger partial charge in [-0.15, -0.1) is 5.10 Å². The summed E-state index contributed by atoms with van der Waals surface area (Å²) in [5.41, 5.74) is 2.68. The van der Waals surface area contributed by atoms with Crippen LogP contribution in [0, 0.1) is 11.6 Å². The number of halogens is 2. The molecule has 1 aromatic carbocycles. The summed E-state index contributed by atoms with van der Waals surface area (Å²) in [6, 6.07) is 11.4. The summed E-state index contributed by atoms with van der Waals surface area (Å²) in [4.78, 5) is 8.33. The predicted molar refractivity (Wildman–Crippen MR) is 89.9 cm³/mol. The lowest BCUT2D eigenvalue weighted by molar-refractivity contribution is 0.500. The minimum Gasteiger partial charge on any atom is -0.364 e. The second kappa shape index (κ2) is 6.27. The Kier molecular flexibility index (Phi) is 3.81. The van der Waals surface area contributed by atoms with E-state index in [4.69, 9.17) is 0 Å². The quantitative estimate of drug-likeness (QED) is 0.617. The number of hydrogen-bond donors (Lipinski definition) is 1. The third-order valence-corrected chi connectivity index (χ3v) is 3.83. The van der Waals surface area contributed by atoms with Gasteiger partial charge in [0.25, 0.3) is 0 Å². The van der Waals surface area contributed by atoms with Gasteiger partial charge >= 0.3 is 0 Å². The summed E-state index contributed by atoms with van der Waals surface area (Å²) in [7, 11) is 0. The summed E-state index contributed by atoms with van der Waals surface area (Å²) >= 11 is 0. The number of nitrogens with zero attached hydrogens (tertiary/aromatic N) is 4. The molecule has 0 spiro atoms. The van der Waals surface area contributed by atoms with Crippen molar-refractivity contribution in [3.8, 4) is 11.3 Å². The molecule has 0 saturated carbocycles. The van der Waals surface area contributed by atoms with Crippen LogP contribution in [0.1, 0.15) is 5.56 Å². The van der Waals surface area contributed by atoms with E-state index in [1.165, 1.54) is 12.1 Å². The average molecular weight is 337 g/mol. The van der Waals surface area contributed by atoms with E-state index in [-0.39, 0.29) is 12.1 Å². The maximum absolute atomic E-state index is 13.7. The number of benzene rings is 1. The first-order chi connectivity index (χ1) is 12.2. The Labute approximate surface area is 142 Å². The largest absolute Gasteiger partial charge is 0.364 e. The van der Waals surface area contributed by atoms with E-state index in [9.17, 15) is 8.78 Å². The number of aromatic nitrogens is 4. The molecule has 0 saturated heterocycles. The molecule has 3 heterocycles. The highest BCUT2D eigenvalue weighted by atomic mass is 19.2. The normalized spacial score (nSPS) is 11.0. The minimum atomic E-state index is -0.864. The Balaban J connectivity index is 1.64. The zero-order chi connectivity index (χ0) is 17.2. The minimum absolute atomic E-state index is 0.126. The predicted octanol–water partition coefficient (Wildman–Crippen LogP) is 3.68. The van der Waals surface area contributed by atoms with Gasteiger partial charge in [-0.2, -0.15) is 0 Å². The zero-order valence-electron chi connectivity index (χ0n) is 13.0. The van der Waals surface area contributed by atoms with Crippen molar-refractivity contribution in [3.05, 3.63) is 78.3 Å². The molecule has 0 aliphatic carbocycles. The Hall–Kier alpha value is -3.35. The molecule has 0 amide bonds. The van der Waals surface area contributed by atoms with Crippen LogP contribution in [0.4, 0.5) is 14.6 Å². The van der Waals surface area contributed by atoms with Crippen LogP contribution in [-0.4, -0.2) is 19.6 Å². The van der Waals surface area contributed by atoms with Crippen molar-refractivity contribution in [1.29, 1.82) is 0 Å². The lowest BCUT2D eigenvalue weighted by atomic mass is 10.2. The van der Waals surface area contributed by atoms with Crippen LogP contribution in [0.3, 0.4) is 0 Å². The van der Waals surface area contributed by atoms with Gasteiger partial charge in [0.2, 0.25) is 0 Å². The Morgan fingerprint density at radius 1 is 1.00 bits per heavy atom. The molecule has 0 aliphatic rings. The number of fused-ring (bicyclic) bond motifs is 1. The number of nitrogens with one attached hydrogen (secondary N) is 1. The molecule has 0 bridgehead atoms. The molecular formula is C18H13F2N5. The molecule has 0 fully saturated rings. The summed E-state index contributed by atoms with van der Waals surface area (Å²) in [6.07, 6.45) is 5.13. The molecule has 124 valence electrons. The van der Waals surface area contributed by atoms with Gasteiger partial charge < -0.3 is 5.32 Å². The maximum atomic E-state index is 13.7. The molecule has 7 heteroatoms. The highest BCUT2D eigenvalue weighted by Gasteiger charge is 2.10. The van der Waals surface area contributed by atoms with E-state index < -0.39 is 11.6 Å². The van der Waals surface area contributed by atoms with Gasteiger partial charge in [0.1, 0.15) is 5.82 Å². The van der Waals surface area contributed by atoms with Crippen molar-refractivity contribution in [2.45, 2.75) is 6.54 Å². The summed E-state index contributed by atoms with van der Waals surface area (Å²) in [5.74, 6) is -1.18. The van der Waals surface area contributed by atoms with Gasteiger partial charge in [0, 0.05) is 30.1 Å². The third kappa shape index (κ3) is 2.91. The van der Waals surface area contributed by atoms with Crippen molar-refractivity contribution in [2.75, 3.05) is 5.32 Å². The van der Waals surface area contributed by atoms with E-state index in [0.29, 0.717) is 11.5 Å². The Morgan fingerprint density at radius 2 is 1.84 bits per heavy atom. The van der Waals surface area contributed by atoms with Crippen LogP contribution in [0.25, 0.3) is 16.9 Å². The van der Waals surface area contributed by atoms with Gasteiger partial charge in [0.15, 0.2) is 17.3 Å². The summed E-state index contributed by atoms with van der Waals surface area (Å²) in [6.45, 7) is 0.126. The van der Waals surface area contributed by atoms with Gasteiger partial charge in [-0.1, -0.05) is 12.1 Å². The van der Waals surface area contributed by atoms with Crippen LogP contribution in [0.2, 0.25) is 0 Å². The molecule has 0 unspecified atom stereocenters. The lowest BCUT2D eigenvalue weighted by Crippen LogP contribution is -2.06. The number of hydrogen-bond acceptors (Lipinski definition) is 4. The average Bonchev–Trinajstić information content (AvgIpc) is 3.07. The smallest absolute Gasteiger partial charge is 0.163 e. The van der Waals surface area contributed by atoms with E-state index >= 15 is 0 Å². The number of pyridine rings is 1. The topological polar surface area (TPSA) is 55.1 Å². The van der Waals surface area contributed by atoms with Gasteiger partial charge in [-0.05, 0) is 30.3 Å². The zero-order valence-corrected chi connectivity index (χ0v) is 13.0. The van der Waals surface area contributed by atoms with Gasteiger partial charge in [-0.25, -0.2) is 18.3 Å². The fourth-order valence-corrected chi connectivity index (χ4v) is 2.56. The molecule has 0 atom stereocenters. The molecule has 1 N–H and O–H groups in total. The van der Waals surface area contributed by atoms with Crippen LogP contribution in [0.15, 0.2) is 61.1 Å². The third-order valence-electron chi connectivity index (χ3n) is 3.83. The molecule has 0 radical (unpaired) electrons. The monoisotopic (exact) mass is 337 g/mol. The van der Waals surface area contributed by atoms with Crippen molar-refractivity contribution < 1.29 is 8.78 Å². The highest BCUT2D eigenvalue weighted by Crippen LogP contribution is 2.20. The van der Waals surface area contributed by atoms with E-state index in [1.807, 2.05) is 18.2 Å². The van der Waals surface area contributed by atoms with Crippen LogP contribution >= 0.6 is 0 Å². The van der Waals surface area contributed by atoms with E-state index in [0.717, 1.165) is 17.3 Å². The number of anilines is 1. The van der Waals surface area contributed by atoms with Crippen molar-refractivity contribution in [3.63, 3.8) is 0 Å². The van der Waals surface area contributed by atoms with Crippen LogP contribution < -0.4 is 5.32 Å². The molecule has 0 aliphatic heterocycles. The van der Waals surface area contributed by atoms with Crippen molar-refractivity contribution >= 4 is 11.5 Å². The molecule has 4 aromatic rings. The van der Waals surface area contributed by atoms with Crippen LogP contribution in [0.5, 0.6) is 0 Å². The molecule has 3 aromatic heterocycles. The molecular weight excluding hydrogens is 324 g/mol. The molecule has 25 heavy (non-hydrogen) atoms. The molecule has 4 rings (SSSR count). The summed E-state index contributed by atoms with van der Waals surface area (Å²) < 4.78 is 28.7. The standard InChI is InChI=1S/C18H13F2N5/c19-14-3-1-2-13(18(14)20)10-22-16-4-5-17-23-11-15(25(17)24-16)12-6-8-21-9-7-12/h1-9,11H,10H2,(H,22,24). The first-order valence-electron chi connectivity index (χ1n) is 7.64. The first-order valence-corrected chi connectivity index (χ1v) is 7.64. The van der Waals surface area contributed by atoms with Crippen molar-refractivity contribution in [2.24, 2.45) is 0 Å². The van der Waals surface area contributed by atoms with E-state index in [2.05, 4.69) is 20.4 Å². The molecule has 5 nitrogen and oxygen atoms in total. The van der Waals surface area contributed by atoms with E-state index in [1.54, 1.807) is 29.2 Å². The van der Waals surface area contributed by atoms with Crippen molar-refractivity contribution in [1.82, 2.24) is 19.6 Å². The second-order valence-electron chi connectivity index (χ2n) is 5.43. The van der Waals surface area contributed by atoms with Gasteiger partial charge in [0.05, 0.1) is 11.9 Å². The second-order valence-corrected chi connectivity index (χ2v) is 5.43. The first kappa shape index (κ1) is 15.2. The SMILES string of the molecule is Fc1cccc(CNc2ccc3ncc(-c4ccncc4)n3n2)c1F. The number of rotatable bonds is 4. The Bertz CT molecular complexity index is 1030. The Morgan fingerprint density at radius 3 is 2.68 bits per heavy atom. The van der Waals surface area contributed by atoms with Gasteiger partial charge in [-0.3, -0.25) is 4.98 Å². The van der Waals surface area contributed by atoms with Crippen LogP contribution in [-0.2, 0) is 6.54 Å². The number of imidazole rings is 1. The fraction of sp³-hybridized carbons (Fsp3) is 0.0556. The summed E-state index contributed by atoms with van der Waals surface area (Å²) in [5, 5.41) is 7.50. The fourth-order valence-electron chi connectivity index (χ4n) is 2.56. The highest BCUT2D eigenvalue weighted by molar-refractivity contribution is 5.63. The lowest BCUT2D eigenvalue weighted by Gasteiger charge is -2.08.